The van der Waals surface area contributed by atoms with Crippen LogP contribution in [-0.4, -0.2) is 87.9 Å². The van der Waals surface area contributed by atoms with Gasteiger partial charge >= 0.3 is 0 Å². The number of piperidine rings is 2. The lowest BCUT2D eigenvalue weighted by molar-refractivity contribution is 0.155. The van der Waals surface area contributed by atoms with Crippen molar-refractivity contribution < 1.29 is 4.74 Å². The molecule has 2 fully saturated rings. The lowest BCUT2D eigenvalue weighted by Crippen LogP contribution is -2.48. The van der Waals surface area contributed by atoms with Gasteiger partial charge in [0.05, 0.1) is 0 Å². The number of unbranched alkanes of at least 4 members (excludes halogenated alkanes) is 2. The molecule has 0 spiro atoms. The maximum absolute atomic E-state index is 5.16. The van der Waals surface area contributed by atoms with Crippen molar-refractivity contribution in [3.63, 3.8) is 0 Å². The van der Waals surface area contributed by atoms with Crippen LogP contribution in [0.3, 0.4) is 0 Å². The standard InChI is InChI=1S/C22H45N5O.HI/c1-3-23-22(24-13-6-4-7-14-26-15-8-5-9-16-26)25-21-11-18-27(19-12-21)17-10-20-28-2;/h21H,3-20H2,1-2H3,(H2,23,24,25);1H. The summed E-state index contributed by atoms with van der Waals surface area (Å²) in [6.45, 7) is 12.3. The van der Waals surface area contributed by atoms with E-state index in [1.54, 1.807) is 7.11 Å². The van der Waals surface area contributed by atoms with Crippen LogP contribution in [0.2, 0.25) is 0 Å². The van der Waals surface area contributed by atoms with E-state index in [1.807, 2.05) is 0 Å². The first-order chi connectivity index (χ1) is 13.8. The average molecular weight is 524 g/mol. The zero-order chi connectivity index (χ0) is 19.9. The van der Waals surface area contributed by atoms with Crippen molar-refractivity contribution in [3.8, 4) is 0 Å². The van der Waals surface area contributed by atoms with Crippen LogP contribution in [0.1, 0.15) is 64.7 Å². The van der Waals surface area contributed by atoms with Gasteiger partial charge in [-0.3, -0.25) is 4.99 Å². The average Bonchev–Trinajstić information content (AvgIpc) is 2.73. The minimum absolute atomic E-state index is 0. The zero-order valence-corrected chi connectivity index (χ0v) is 21.3. The lowest BCUT2D eigenvalue weighted by atomic mass is 10.1. The molecule has 2 rings (SSSR count). The normalized spacial score (nSPS) is 19.7. The topological polar surface area (TPSA) is 52.1 Å². The molecule has 0 bridgehead atoms. The molecule has 0 aliphatic carbocycles. The summed E-state index contributed by atoms with van der Waals surface area (Å²) < 4.78 is 5.16. The van der Waals surface area contributed by atoms with Crippen LogP contribution in [-0.2, 0) is 4.74 Å². The van der Waals surface area contributed by atoms with Gasteiger partial charge in [-0.25, -0.2) is 0 Å². The summed E-state index contributed by atoms with van der Waals surface area (Å²) in [6.07, 6.45) is 11.6. The monoisotopic (exact) mass is 523 g/mol. The van der Waals surface area contributed by atoms with Gasteiger partial charge in [0.25, 0.3) is 0 Å². The molecule has 0 aromatic rings. The molecule has 0 radical (unpaired) electrons. The smallest absolute Gasteiger partial charge is 0.191 e. The largest absolute Gasteiger partial charge is 0.385 e. The van der Waals surface area contributed by atoms with Gasteiger partial charge in [0.1, 0.15) is 0 Å². The Hall–Kier alpha value is -0.120. The summed E-state index contributed by atoms with van der Waals surface area (Å²) in [6, 6.07) is 0.551. The molecule has 0 amide bonds. The number of rotatable bonds is 12. The summed E-state index contributed by atoms with van der Waals surface area (Å²) in [5.74, 6) is 1.01. The number of hydrogen-bond acceptors (Lipinski definition) is 4. The Morgan fingerprint density at radius 3 is 2.31 bits per heavy atom. The van der Waals surface area contributed by atoms with E-state index in [0.717, 1.165) is 38.6 Å². The number of nitrogens with zero attached hydrogens (tertiary/aromatic N) is 3. The number of nitrogens with one attached hydrogen (secondary N) is 2. The molecular weight excluding hydrogens is 477 g/mol. The third-order valence-corrected chi connectivity index (χ3v) is 5.95. The van der Waals surface area contributed by atoms with Gasteiger partial charge < -0.3 is 25.2 Å². The van der Waals surface area contributed by atoms with Crippen molar-refractivity contribution in [2.75, 3.05) is 66.1 Å². The van der Waals surface area contributed by atoms with Crippen molar-refractivity contribution >= 4 is 29.9 Å². The molecule has 0 atom stereocenters. The third-order valence-electron chi connectivity index (χ3n) is 5.95. The Bertz CT molecular complexity index is 410. The van der Waals surface area contributed by atoms with Crippen LogP contribution in [0.4, 0.5) is 0 Å². The molecule has 0 aromatic heterocycles. The van der Waals surface area contributed by atoms with Gasteiger partial charge in [-0.05, 0) is 71.5 Å². The fourth-order valence-electron chi connectivity index (χ4n) is 4.24. The molecule has 2 saturated heterocycles. The van der Waals surface area contributed by atoms with Crippen LogP contribution >= 0.6 is 24.0 Å². The van der Waals surface area contributed by atoms with Gasteiger partial charge in [-0.15, -0.1) is 24.0 Å². The molecular formula is C22H46IN5O. The second-order valence-corrected chi connectivity index (χ2v) is 8.33. The minimum atomic E-state index is 0. The Balaban J connectivity index is 0.00000420. The fourth-order valence-corrected chi connectivity index (χ4v) is 4.24. The van der Waals surface area contributed by atoms with Crippen molar-refractivity contribution in [2.45, 2.75) is 70.8 Å². The van der Waals surface area contributed by atoms with E-state index in [4.69, 9.17) is 9.73 Å². The Kier molecular flexibility index (Phi) is 16.3. The van der Waals surface area contributed by atoms with Crippen molar-refractivity contribution in [3.05, 3.63) is 0 Å². The van der Waals surface area contributed by atoms with Crippen molar-refractivity contribution in [2.24, 2.45) is 4.99 Å². The molecule has 0 saturated carbocycles. The van der Waals surface area contributed by atoms with Crippen LogP contribution in [0.15, 0.2) is 4.99 Å². The van der Waals surface area contributed by atoms with E-state index in [-0.39, 0.29) is 24.0 Å². The van der Waals surface area contributed by atoms with Crippen molar-refractivity contribution in [1.29, 1.82) is 0 Å². The Morgan fingerprint density at radius 1 is 0.931 bits per heavy atom. The van der Waals surface area contributed by atoms with E-state index in [0.29, 0.717) is 6.04 Å². The fraction of sp³-hybridized carbons (Fsp3) is 0.955. The highest BCUT2D eigenvalue weighted by Crippen LogP contribution is 2.11. The number of methoxy groups -OCH3 is 1. The van der Waals surface area contributed by atoms with E-state index in [2.05, 4.69) is 27.4 Å². The predicted molar refractivity (Wildman–Crippen MR) is 135 cm³/mol. The summed E-state index contributed by atoms with van der Waals surface area (Å²) in [5.41, 5.74) is 0. The quantitative estimate of drug-likeness (QED) is 0.178. The van der Waals surface area contributed by atoms with Gasteiger partial charge in [-0.1, -0.05) is 12.8 Å². The molecule has 2 heterocycles. The van der Waals surface area contributed by atoms with Gasteiger partial charge in [0.15, 0.2) is 5.96 Å². The molecule has 172 valence electrons. The first-order valence-corrected chi connectivity index (χ1v) is 11.8. The van der Waals surface area contributed by atoms with Crippen LogP contribution in [0.5, 0.6) is 0 Å². The summed E-state index contributed by atoms with van der Waals surface area (Å²) >= 11 is 0. The molecule has 7 heteroatoms. The van der Waals surface area contributed by atoms with Gasteiger partial charge in [0.2, 0.25) is 0 Å². The molecule has 29 heavy (non-hydrogen) atoms. The predicted octanol–water partition coefficient (Wildman–Crippen LogP) is 3.32. The molecule has 6 nitrogen and oxygen atoms in total. The minimum Gasteiger partial charge on any atom is -0.385 e. The van der Waals surface area contributed by atoms with Crippen LogP contribution < -0.4 is 10.6 Å². The summed E-state index contributed by atoms with van der Waals surface area (Å²) in [7, 11) is 1.78. The van der Waals surface area contributed by atoms with E-state index in [9.17, 15) is 0 Å². The number of aliphatic imine (C=N–C) groups is 1. The second kappa shape index (κ2) is 17.5. The highest BCUT2D eigenvalue weighted by Gasteiger charge is 2.19. The Morgan fingerprint density at radius 2 is 1.62 bits per heavy atom. The number of halogens is 1. The number of likely N-dealkylation sites (tertiary alicyclic amines) is 2. The van der Waals surface area contributed by atoms with Crippen LogP contribution in [0, 0.1) is 0 Å². The number of ether oxygens (including phenoxy) is 1. The third kappa shape index (κ3) is 12.4. The Labute approximate surface area is 196 Å². The molecule has 0 aromatic carbocycles. The highest BCUT2D eigenvalue weighted by molar-refractivity contribution is 14.0. The SMILES string of the molecule is CCNC(=NCCCCCN1CCCCC1)NC1CCN(CCCOC)CC1.I. The van der Waals surface area contributed by atoms with Gasteiger partial charge in [-0.2, -0.15) is 0 Å². The molecule has 0 unspecified atom stereocenters. The second-order valence-electron chi connectivity index (χ2n) is 8.33. The molecule has 2 aliphatic rings. The maximum atomic E-state index is 5.16. The van der Waals surface area contributed by atoms with Crippen LogP contribution in [0.25, 0.3) is 0 Å². The molecule has 2 N–H and O–H groups in total. The number of hydrogen-bond donors (Lipinski definition) is 2. The lowest BCUT2D eigenvalue weighted by Gasteiger charge is -2.33. The van der Waals surface area contributed by atoms with E-state index >= 15 is 0 Å². The summed E-state index contributed by atoms with van der Waals surface area (Å²) in [4.78, 5) is 10.0. The van der Waals surface area contributed by atoms with Crippen molar-refractivity contribution in [1.82, 2.24) is 20.4 Å². The summed E-state index contributed by atoms with van der Waals surface area (Å²) in [5, 5.41) is 7.09. The first-order valence-electron chi connectivity index (χ1n) is 11.8. The van der Waals surface area contributed by atoms with Gasteiger partial charge in [0, 0.05) is 52.5 Å². The van der Waals surface area contributed by atoms with E-state index < -0.39 is 0 Å². The number of guanidine groups is 1. The highest BCUT2D eigenvalue weighted by atomic mass is 127. The maximum Gasteiger partial charge on any atom is 0.191 e. The first kappa shape index (κ1) is 26.9. The zero-order valence-electron chi connectivity index (χ0n) is 19.0. The molecule has 2 aliphatic heterocycles. The van der Waals surface area contributed by atoms with E-state index in [1.165, 1.54) is 84.1 Å².